The maximum Gasteiger partial charge on any atom is 0.264 e. The van der Waals surface area contributed by atoms with Crippen molar-refractivity contribution in [2.45, 2.75) is 61.1 Å². The molecule has 5 rings (SSSR count). The first-order valence-electron chi connectivity index (χ1n) is 13.1. The van der Waals surface area contributed by atoms with E-state index in [1.807, 2.05) is 12.1 Å². The van der Waals surface area contributed by atoms with E-state index in [9.17, 15) is 13.5 Å². The minimum atomic E-state index is -3.84. The highest BCUT2D eigenvalue weighted by Gasteiger charge is 2.45. The van der Waals surface area contributed by atoms with Gasteiger partial charge in [-0.05, 0) is 80.3 Å². The van der Waals surface area contributed by atoms with E-state index in [2.05, 4.69) is 9.88 Å². The Morgan fingerprint density at radius 2 is 1.74 bits per heavy atom. The lowest BCUT2D eigenvalue weighted by atomic mass is 9.75. The number of nitrogens with zero attached hydrogens (tertiary/aromatic N) is 3. The van der Waals surface area contributed by atoms with E-state index in [4.69, 9.17) is 16.3 Å². The van der Waals surface area contributed by atoms with Gasteiger partial charge in [-0.15, -0.1) is 0 Å². The SMILES string of the molecule is COc1ccc(S(=O)(=O)N(c2ccc(Cl)cc2)C2CCN(C3CCCCC3(O)c3cccnc3)CC2)cc1. The largest absolute Gasteiger partial charge is 0.497 e. The van der Waals surface area contributed by atoms with Crippen LogP contribution in [0.5, 0.6) is 5.75 Å². The van der Waals surface area contributed by atoms with Gasteiger partial charge in [0.25, 0.3) is 10.0 Å². The van der Waals surface area contributed by atoms with Gasteiger partial charge in [-0.25, -0.2) is 8.42 Å². The zero-order chi connectivity index (χ0) is 26.8. The van der Waals surface area contributed by atoms with Crippen LogP contribution < -0.4 is 9.04 Å². The lowest BCUT2D eigenvalue weighted by molar-refractivity contribution is -0.0851. The highest BCUT2D eigenvalue weighted by molar-refractivity contribution is 7.92. The molecule has 1 N–H and O–H groups in total. The Morgan fingerprint density at radius 1 is 1.03 bits per heavy atom. The van der Waals surface area contributed by atoms with Crippen molar-refractivity contribution in [1.29, 1.82) is 0 Å². The summed E-state index contributed by atoms with van der Waals surface area (Å²) in [5.74, 6) is 0.601. The van der Waals surface area contributed by atoms with E-state index in [-0.39, 0.29) is 17.0 Å². The fourth-order valence-corrected chi connectivity index (χ4v) is 7.84. The van der Waals surface area contributed by atoms with Gasteiger partial charge in [0.2, 0.25) is 0 Å². The standard InChI is InChI=1S/C29H34ClN3O4S/c1-37-26-11-13-27(14-12-26)38(35,36)33(24-9-7-23(30)8-10-24)25-15-19-32(20-16-25)28-6-2-3-17-29(28,34)22-5-4-18-31-21-22/h4-5,7-14,18,21,25,28,34H,2-3,6,15-17,19-20H2,1H3. The summed E-state index contributed by atoms with van der Waals surface area (Å²) in [5, 5.41) is 12.4. The molecular formula is C29H34ClN3O4S. The summed E-state index contributed by atoms with van der Waals surface area (Å²) in [5.41, 5.74) is 0.495. The van der Waals surface area contributed by atoms with E-state index in [0.29, 0.717) is 48.8 Å². The second-order valence-electron chi connectivity index (χ2n) is 10.1. The molecule has 1 saturated heterocycles. The third-order valence-corrected chi connectivity index (χ3v) is 10.1. The Hall–Kier alpha value is -2.65. The smallest absolute Gasteiger partial charge is 0.264 e. The van der Waals surface area contributed by atoms with Crippen LogP contribution in [0.3, 0.4) is 0 Å². The number of piperidine rings is 1. The summed E-state index contributed by atoms with van der Waals surface area (Å²) in [6.45, 7) is 1.39. The average molecular weight is 556 g/mol. The van der Waals surface area contributed by atoms with Crippen LogP contribution in [0.2, 0.25) is 5.02 Å². The van der Waals surface area contributed by atoms with Crippen LogP contribution in [0.1, 0.15) is 44.1 Å². The van der Waals surface area contributed by atoms with Crippen molar-refractivity contribution >= 4 is 27.3 Å². The average Bonchev–Trinajstić information content (AvgIpc) is 2.95. The number of hydrogen-bond donors (Lipinski definition) is 1. The summed E-state index contributed by atoms with van der Waals surface area (Å²) in [6.07, 6.45) is 8.45. The first-order valence-corrected chi connectivity index (χ1v) is 15.0. The van der Waals surface area contributed by atoms with Gasteiger partial charge in [0, 0.05) is 48.2 Å². The second kappa shape index (κ2) is 11.2. The minimum absolute atomic E-state index is 0.0245. The monoisotopic (exact) mass is 555 g/mol. The van der Waals surface area contributed by atoms with Crippen LogP contribution in [0.15, 0.2) is 78.0 Å². The summed E-state index contributed by atoms with van der Waals surface area (Å²) < 4.78 is 34.7. The molecule has 1 aromatic heterocycles. The summed E-state index contributed by atoms with van der Waals surface area (Å²) in [7, 11) is -2.29. The van der Waals surface area contributed by atoms with E-state index >= 15 is 0 Å². The lowest BCUT2D eigenvalue weighted by Crippen LogP contribution is -2.57. The van der Waals surface area contributed by atoms with E-state index in [1.165, 1.54) is 0 Å². The molecule has 2 heterocycles. The maximum absolute atomic E-state index is 14.0. The zero-order valence-corrected chi connectivity index (χ0v) is 23.1. The number of benzene rings is 2. The Kier molecular flexibility index (Phi) is 7.95. The number of pyridine rings is 1. The van der Waals surface area contributed by atoms with Crippen LogP contribution in [0.4, 0.5) is 5.69 Å². The summed E-state index contributed by atoms with van der Waals surface area (Å²) in [6, 6.07) is 17.0. The molecule has 0 radical (unpaired) electrons. The molecule has 3 aromatic rings. The van der Waals surface area contributed by atoms with Crippen LogP contribution in [-0.4, -0.2) is 55.7 Å². The number of anilines is 1. The van der Waals surface area contributed by atoms with Gasteiger partial charge in [-0.3, -0.25) is 14.2 Å². The number of sulfonamides is 1. The Bertz CT molecular complexity index is 1310. The number of hydrogen-bond acceptors (Lipinski definition) is 6. The lowest BCUT2D eigenvalue weighted by Gasteiger charge is -2.49. The third-order valence-electron chi connectivity index (χ3n) is 7.97. The van der Waals surface area contributed by atoms with Crippen molar-refractivity contribution in [3.8, 4) is 5.75 Å². The molecule has 0 bridgehead atoms. The fraction of sp³-hybridized carbons (Fsp3) is 0.414. The van der Waals surface area contributed by atoms with Crippen molar-refractivity contribution in [2.24, 2.45) is 0 Å². The molecule has 9 heteroatoms. The molecule has 38 heavy (non-hydrogen) atoms. The second-order valence-corrected chi connectivity index (χ2v) is 12.4. The van der Waals surface area contributed by atoms with E-state index in [0.717, 1.165) is 24.8 Å². The summed E-state index contributed by atoms with van der Waals surface area (Å²) in [4.78, 5) is 6.82. The van der Waals surface area contributed by atoms with Crippen molar-refractivity contribution in [3.05, 3.63) is 83.6 Å². The fourth-order valence-electron chi connectivity index (χ4n) is 6.00. The quantitative estimate of drug-likeness (QED) is 0.429. The number of rotatable bonds is 7. The zero-order valence-electron chi connectivity index (χ0n) is 21.5. The van der Waals surface area contributed by atoms with Crippen molar-refractivity contribution in [1.82, 2.24) is 9.88 Å². The van der Waals surface area contributed by atoms with E-state index in [1.54, 1.807) is 72.3 Å². The molecule has 2 fully saturated rings. The van der Waals surface area contributed by atoms with Gasteiger partial charge in [0.1, 0.15) is 11.4 Å². The van der Waals surface area contributed by atoms with Gasteiger partial charge in [0.15, 0.2) is 0 Å². The summed E-state index contributed by atoms with van der Waals surface area (Å²) >= 11 is 6.13. The molecule has 2 unspecified atom stereocenters. The highest BCUT2D eigenvalue weighted by Crippen LogP contribution is 2.41. The van der Waals surface area contributed by atoms with Gasteiger partial charge in [-0.2, -0.15) is 0 Å². The number of aliphatic hydroxyl groups is 1. The molecule has 2 atom stereocenters. The normalized spacial score (nSPS) is 23.2. The van der Waals surface area contributed by atoms with Gasteiger partial charge >= 0.3 is 0 Å². The Balaban J connectivity index is 1.41. The number of methoxy groups -OCH3 is 1. The van der Waals surface area contributed by atoms with Crippen LogP contribution >= 0.6 is 11.6 Å². The van der Waals surface area contributed by atoms with Gasteiger partial charge in [0.05, 0.1) is 17.7 Å². The number of ether oxygens (including phenoxy) is 1. The molecule has 0 spiro atoms. The molecule has 1 aliphatic carbocycles. The number of aromatic nitrogens is 1. The maximum atomic E-state index is 14.0. The van der Waals surface area contributed by atoms with E-state index < -0.39 is 15.6 Å². The molecule has 1 aliphatic heterocycles. The predicted octanol–water partition coefficient (Wildman–Crippen LogP) is 5.23. The molecule has 7 nitrogen and oxygen atoms in total. The number of likely N-dealkylation sites (tertiary alicyclic amines) is 1. The first kappa shape index (κ1) is 26.9. The third kappa shape index (κ3) is 5.27. The predicted molar refractivity (Wildman–Crippen MR) is 149 cm³/mol. The first-order chi connectivity index (χ1) is 18.3. The minimum Gasteiger partial charge on any atom is -0.497 e. The van der Waals surface area contributed by atoms with Crippen molar-refractivity contribution in [2.75, 3.05) is 24.5 Å². The number of halogens is 1. The van der Waals surface area contributed by atoms with Crippen LogP contribution in [0, 0.1) is 0 Å². The van der Waals surface area contributed by atoms with Gasteiger partial charge < -0.3 is 9.84 Å². The van der Waals surface area contributed by atoms with Gasteiger partial charge in [-0.1, -0.05) is 30.5 Å². The highest BCUT2D eigenvalue weighted by atomic mass is 35.5. The molecule has 202 valence electrons. The van der Waals surface area contributed by atoms with Crippen molar-refractivity contribution < 1.29 is 18.3 Å². The topological polar surface area (TPSA) is 83.0 Å². The molecule has 1 saturated carbocycles. The van der Waals surface area contributed by atoms with Crippen molar-refractivity contribution in [3.63, 3.8) is 0 Å². The van der Waals surface area contributed by atoms with Crippen LogP contribution in [-0.2, 0) is 15.6 Å². The Labute approximate surface area is 230 Å². The molecule has 2 aliphatic rings. The molecule has 0 amide bonds. The van der Waals surface area contributed by atoms with Crippen LogP contribution in [0.25, 0.3) is 0 Å². The molecular weight excluding hydrogens is 522 g/mol. The molecule has 2 aromatic carbocycles. The Morgan fingerprint density at radius 3 is 2.37 bits per heavy atom.